The van der Waals surface area contributed by atoms with Crippen LogP contribution in [0.4, 0.5) is 10.2 Å². The maximum atomic E-state index is 13.6. The zero-order valence-electron chi connectivity index (χ0n) is 8.63. The Kier molecular flexibility index (Phi) is 2.99. The zero-order valence-corrected chi connectivity index (χ0v) is 11.0. The lowest BCUT2D eigenvalue weighted by atomic mass is 10.2. The summed E-state index contributed by atoms with van der Waals surface area (Å²) < 4.78 is 14.3. The minimum atomic E-state index is -0.411. The molecule has 0 amide bonds. The van der Waals surface area contributed by atoms with Gasteiger partial charge in [-0.2, -0.15) is 4.98 Å². The Bertz CT molecular complexity index is 559. The molecule has 2 rings (SSSR count). The highest BCUT2D eigenvalue weighted by Crippen LogP contribution is 2.32. The van der Waals surface area contributed by atoms with E-state index in [1.807, 2.05) is 14.1 Å². The summed E-state index contributed by atoms with van der Waals surface area (Å²) in [5.41, 5.74) is 0.220. The van der Waals surface area contributed by atoms with Crippen LogP contribution in [0.5, 0.6) is 0 Å². The highest BCUT2D eigenvalue weighted by atomic mass is 79.9. The largest absolute Gasteiger partial charge is 0.362 e. The molecule has 84 valence electrons. The van der Waals surface area contributed by atoms with Crippen LogP contribution in [0.25, 0.3) is 10.9 Å². The van der Waals surface area contributed by atoms with Gasteiger partial charge in [-0.25, -0.2) is 9.37 Å². The van der Waals surface area contributed by atoms with Gasteiger partial charge < -0.3 is 4.90 Å². The summed E-state index contributed by atoms with van der Waals surface area (Å²) in [4.78, 5) is 9.75. The average molecular weight is 305 g/mol. The Morgan fingerprint density at radius 1 is 1.31 bits per heavy atom. The van der Waals surface area contributed by atoms with Crippen LogP contribution in [0.15, 0.2) is 16.6 Å². The van der Waals surface area contributed by atoms with Crippen molar-refractivity contribution >= 4 is 44.3 Å². The molecule has 0 N–H and O–H groups in total. The van der Waals surface area contributed by atoms with Crippen LogP contribution in [0, 0.1) is 5.82 Å². The maximum absolute atomic E-state index is 13.6. The van der Waals surface area contributed by atoms with Gasteiger partial charge in [-0.15, -0.1) is 0 Å². The summed E-state index contributed by atoms with van der Waals surface area (Å²) in [6, 6.07) is 2.97. The van der Waals surface area contributed by atoms with E-state index in [9.17, 15) is 4.39 Å². The van der Waals surface area contributed by atoms with Gasteiger partial charge in [-0.3, -0.25) is 0 Å². The second-order valence-corrected chi connectivity index (χ2v) is 4.66. The van der Waals surface area contributed by atoms with E-state index >= 15 is 0 Å². The molecule has 0 aliphatic heterocycles. The third kappa shape index (κ3) is 1.85. The predicted molar refractivity (Wildman–Crippen MR) is 66.5 cm³/mol. The van der Waals surface area contributed by atoms with Crippen LogP contribution in [0.2, 0.25) is 5.28 Å². The van der Waals surface area contributed by atoms with Gasteiger partial charge in [0.2, 0.25) is 5.28 Å². The molecule has 0 spiro atoms. The van der Waals surface area contributed by atoms with E-state index in [0.29, 0.717) is 11.2 Å². The van der Waals surface area contributed by atoms with Gasteiger partial charge in [0, 0.05) is 18.6 Å². The van der Waals surface area contributed by atoms with Crippen LogP contribution in [-0.2, 0) is 0 Å². The van der Waals surface area contributed by atoms with Crippen molar-refractivity contribution in [2.45, 2.75) is 0 Å². The Hall–Kier alpha value is -0.940. The number of fused-ring (bicyclic) bond motifs is 1. The van der Waals surface area contributed by atoms with E-state index in [1.165, 1.54) is 6.07 Å². The van der Waals surface area contributed by atoms with Gasteiger partial charge >= 0.3 is 0 Å². The lowest BCUT2D eigenvalue weighted by Crippen LogP contribution is -2.12. The first kappa shape index (κ1) is 11.5. The molecular weight excluding hydrogens is 296 g/mol. The summed E-state index contributed by atoms with van der Waals surface area (Å²) in [6.07, 6.45) is 0. The van der Waals surface area contributed by atoms with E-state index in [2.05, 4.69) is 25.9 Å². The molecule has 1 aromatic heterocycles. The number of anilines is 1. The average Bonchev–Trinajstić information content (AvgIpc) is 2.22. The third-order valence-electron chi connectivity index (χ3n) is 2.13. The van der Waals surface area contributed by atoms with Gasteiger partial charge in [0.05, 0.1) is 5.39 Å². The van der Waals surface area contributed by atoms with E-state index in [4.69, 9.17) is 11.6 Å². The molecule has 0 aliphatic rings. The van der Waals surface area contributed by atoms with Crippen molar-refractivity contribution in [1.29, 1.82) is 0 Å². The molecule has 0 unspecified atom stereocenters. The Labute approximate surface area is 105 Å². The molecule has 0 atom stereocenters. The fourth-order valence-corrected chi connectivity index (χ4v) is 2.11. The number of hydrogen-bond acceptors (Lipinski definition) is 3. The van der Waals surface area contributed by atoms with Crippen molar-refractivity contribution in [3.63, 3.8) is 0 Å². The molecule has 16 heavy (non-hydrogen) atoms. The molecule has 6 heteroatoms. The zero-order chi connectivity index (χ0) is 11.9. The number of hydrogen-bond donors (Lipinski definition) is 0. The number of nitrogens with zero attached hydrogens (tertiary/aromatic N) is 3. The maximum Gasteiger partial charge on any atom is 0.225 e. The summed E-state index contributed by atoms with van der Waals surface area (Å²) in [7, 11) is 3.63. The summed E-state index contributed by atoms with van der Waals surface area (Å²) in [6.45, 7) is 0. The predicted octanol–water partition coefficient (Wildman–Crippen LogP) is 3.25. The molecule has 0 radical (unpaired) electrons. The lowest BCUT2D eigenvalue weighted by molar-refractivity contribution is 0.636. The monoisotopic (exact) mass is 303 g/mol. The minimum Gasteiger partial charge on any atom is -0.362 e. The van der Waals surface area contributed by atoms with Gasteiger partial charge in [-0.1, -0.05) is 0 Å². The third-order valence-corrected chi connectivity index (χ3v) is 2.96. The van der Waals surface area contributed by atoms with Crippen LogP contribution in [-0.4, -0.2) is 24.1 Å². The lowest BCUT2D eigenvalue weighted by Gasteiger charge is -2.15. The van der Waals surface area contributed by atoms with Crippen LogP contribution in [0.1, 0.15) is 0 Å². The van der Waals surface area contributed by atoms with Gasteiger partial charge in [0.1, 0.15) is 17.2 Å². The Morgan fingerprint density at radius 2 is 2.00 bits per heavy atom. The number of aromatic nitrogens is 2. The summed E-state index contributed by atoms with van der Waals surface area (Å²) >= 11 is 9.12. The second kappa shape index (κ2) is 4.14. The van der Waals surface area contributed by atoms with Crippen molar-refractivity contribution < 1.29 is 4.39 Å². The van der Waals surface area contributed by atoms with Crippen molar-refractivity contribution in [2.75, 3.05) is 19.0 Å². The van der Waals surface area contributed by atoms with Gasteiger partial charge in [0.15, 0.2) is 0 Å². The molecule has 3 nitrogen and oxygen atoms in total. The van der Waals surface area contributed by atoms with E-state index < -0.39 is 5.82 Å². The summed E-state index contributed by atoms with van der Waals surface area (Å²) in [5.74, 6) is 0.173. The highest BCUT2D eigenvalue weighted by Gasteiger charge is 2.14. The van der Waals surface area contributed by atoms with Crippen molar-refractivity contribution in [3.8, 4) is 0 Å². The van der Waals surface area contributed by atoms with Crippen molar-refractivity contribution in [1.82, 2.24) is 9.97 Å². The van der Waals surface area contributed by atoms with E-state index in [0.717, 1.165) is 4.47 Å². The minimum absolute atomic E-state index is 0.0354. The standard InChI is InChI=1S/C10H8BrClFN3/c1-16(2)9-7-5(11)3-4-6(13)8(7)14-10(12)15-9/h3-4H,1-2H3. The van der Waals surface area contributed by atoms with Crippen LogP contribution in [0.3, 0.4) is 0 Å². The molecule has 0 aliphatic carbocycles. The Balaban J connectivity index is 2.95. The number of halogens is 3. The van der Waals surface area contributed by atoms with Crippen LogP contribution >= 0.6 is 27.5 Å². The van der Waals surface area contributed by atoms with Gasteiger partial charge in [-0.05, 0) is 39.7 Å². The van der Waals surface area contributed by atoms with E-state index in [1.54, 1.807) is 11.0 Å². The number of rotatable bonds is 1. The molecule has 0 saturated heterocycles. The van der Waals surface area contributed by atoms with Gasteiger partial charge in [0.25, 0.3) is 0 Å². The van der Waals surface area contributed by atoms with Crippen molar-refractivity contribution in [3.05, 3.63) is 27.7 Å². The van der Waals surface area contributed by atoms with Crippen molar-refractivity contribution in [2.24, 2.45) is 0 Å². The molecular formula is C10H8BrClFN3. The van der Waals surface area contributed by atoms with Crippen LogP contribution < -0.4 is 4.90 Å². The second-order valence-electron chi connectivity index (χ2n) is 3.46. The molecule has 0 saturated carbocycles. The molecule has 2 aromatic rings. The number of benzene rings is 1. The van der Waals surface area contributed by atoms with E-state index in [-0.39, 0.29) is 10.8 Å². The highest BCUT2D eigenvalue weighted by molar-refractivity contribution is 9.10. The first-order valence-corrected chi connectivity index (χ1v) is 5.66. The molecule has 0 fully saturated rings. The normalized spacial score (nSPS) is 10.8. The first-order valence-electron chi connectivity index (χ1n) is 4.49. The quantitative estimate of drug-likeness (QED) is 0.757. The Morgan fingerprint density at radius 3 is 2.62 bits per heavy atom. The fraction of sp³-hybridized carbons (Fsp3) is 0.200. The molecule has 0 bridgehead atoms. The smallest absolute Gasteiger partial charge is 0.225 e. The fourth-order valence-electron chi connectivity index (χ4n) is 1.45. The summed E-state index contributed by atoms with van der Waals surface area (Å²) in [5, 5.41) is 0.655. The SMILES string of the molecule is CN(C)c1nc(Cl)nc2c(F)ccc(Br)c12. The molecule has 1 heterocycles. The first-order chi connectivity index (χ1) is 7.50. The topological polar surface area (TPSA) is 29.0 Å². The molecule has 1 aromatic carbocycles.